The summed E-state index contributed by atoms with van der Waals surface area (Å²) in [5.74, 6) is 3.01. The molecule has 0 spiro atoms. The molecule has 3 N–H and O–H groups in total. The summed E-state index contributed by atoms with van der Waals surface area (Å²) in [7, 11) is -4.02. The van der Waals surface area contributed by atoms with E-state index in [9.17, 15) is 42.0 Å². The van der Waals surface area contributed by atoms with Gasteiger partial charge >= 0.3 is 35.8 Å². The summed E-state index contributed by atoms with van der Waals surface area (Å²) in [4.78, 5) is 85.2. The van der Waals surface area contributed by atoms with Crippen LogP contribution in [0.25, 0.3) is 0 Å². The highest BCUT2D eigenvalue weighted by Gasteiger charge is 2.19. The Hall–Kier alpha value is -5.98. The zero-order chi connectivity index (χ0) is 99.7. The van der Waals surface area contributed by atoms with Crippen molar-refractivity contribution in [2.75, 3.05) is 33.0 Å². The summed E-state index contributed by atoms with van der Waals surface area (Å²) in [6.45, 7) is 23.6. The molecule has 0 saturated heterocycles. The molecular formula is C118H207NO16S. The second kappa shape index (κ2) is 97.8. The normalized spacial score (nSPS) is 12.3. The summed E-state index contributed by atoms with van der Waals surface area (Å²) in [6, 6.07) is 25.6. The quantitative estimate of drug-likeness (QED) is 0.0230. The number of aryl methyl sites for hydroxylation is 1. The number of ketones is 1. The predicted octanol–water partition coefficient (Wildman–Crippen LogP) is 33.7. The molecule has 0 heterocycles. The van der Waals surface area contributed by atoms with Crippen molar-refractivity contribution in [3.05, 3.63) is 102 Å². The van der Waals surface area contributed by atoms with Crippen LogP contribution in [0.3, 0.4) is 0 Å². The van der Waals surface area contributed by atoms with E-state index in [2.05, 4.69) is 55.4 Å². The molecule has 0 radical (unpaired) electrons. The number of Topliss-reactive ketones (excluding diaryl/α,β-unsaturated/α-hetero) is 1. The molecule has 0 amide bonds. The standard InChI is InChI=1S/C56H100O6.C43H82O5.C12H17NO2.C7H8O3S/c1-5-9-13-25-40-51(35-11-7-3)47-60-54(57)44-32-21-17-15-19-27-37-50(39-29-24-34-46-56(59)62-49-53-42-30-23-31-43-53)38-28-20-16-18-22-33-45-55(58)61-48-52(36-12-8-4)41-26-14-10-6-2;1-5-9-13-23-31-39(29-11-7-3)37-47-42(45)35-27-21-17-15-19-25-33-41(44)34-26-20-16-18-22-28-36-43(46)48-38-40(30-12-8-4)32-24-14-10-6-2;13-9-5-4-8-12(14)15-10-11-6-2-1-3-7-11;1-6-2-4-7(5-3-6)11(8,9)10/h23,30-31,42-43,50-52H,5-22,24-29,32-41,44-49H2,1-4H3;39-40H,5-38H2,1-4H3;1-3,6-7H,4-5,8-10,13H2;2-5H,1H3,(H,8,9,10). The highest BCUT2D eigenvalue weighted by molar-refractivity contribution is 7.85. The van der Waals surface area contributed by atoms with Crippen molar-refractivity contribution in [1.29, 1.82) is 0 Å². The number of carbonyl (C=O) groups excluding carboxylic acids is 7. The van der Waals surface area contributed by atoms with E-state index >= 15 is 0 Å². The molecule has 3 aromatic carbocycles. The molecule has 17 nitrogen and oxygen atoms in total. The number of rotatable bonds is 91. The van der Waals surface area contributed by atoms with Gasteiger partial charge in [0.1, 0.15) is 19.0 Å². The predicted molar refractivity (Wildman–Crippen MR) is 567 cm³/mol. The number of carbonyl (C=O) groups is 7. The monoisotopic (exact) mass is 1930 g/mol. The maximum Gasteiger partial charge on any atom is 0.306 e. The molecular weight excluding hydrogens is 1720 g/mol. The van der Waals surface area contributed by atoms with Crippen molar-refractivity contribution in [2.45, 2.75) is 543 Å². The van der Waals surface area contributed by atoms with Gasteiger partial charge in [0, 0.05) is 51.4 Å². The number of hydrogen-bond donors (Lipinski definition) is 2. The number of esters is 6. The Bertz CT molecular complexity index is 3180. The van der Waals surface area contributed by atoms with E-state index in [1.165, 1.54) is 295 Å². The Balaban J connectivity index is 0.00000214. The fraction of sp³-hybridized carbons (Fsp3) is 0.788. The highest BCUT2D eigenvalue weighted by Crippen LogP contribution is 2.28. The number of hydrogen-bond acceptors (Lipinski definition) is 16. The minimum absolute atomic E-state index is 0.00143. The van der Waals surface area contributed by atoms with Crippen molar-refractivity contribution < 1.29 is 75.0 Å². The van der Waals surface area contributed by atoms with E-state index in [0.29, 0.717) is 127 Å². The lowest BCUT2D eigenvalue weighted by molar-refractivity contribution is -0.146. The van der Waals surface area contributed by atoms with Gasteiger partial charge in [-0.3, -0.25) is 38.1 Å². The molecule has 786 valence electrons. The van der Waals surface area contributed by atoms with Gasteiger partial charge in [-0.1, -0.05) is 436 Å². The summed E-state index contributed by atoms with van der Waals surface area (Å²) in [5, 5.41) is 0. The fourth-order valence-corrected chi connectivity index (χ4v) is 17.9. The summed E-state index contributed by atoms with van der Waals surface area (Å²) in [5.41, 5.74) is 8.34. The molecule has 0 fully saturated rings. The lowest BCUT2D eigenvalue weighted by Crippen LogP contribution is -2.14. The van der Waals surface area contributed by atoms with Crippen LogP contribution in [0.5, 0.6) is 0 Å². The number of nitrogens with two attached hydrogens (primary N) is 1. The maximum absolute atomic E-state index is 12.5. The van der Waals surface area contributed by atoms with Gasteiger partial charge < -0.3 is 34.2 Å². The Kier molecular flexibility index (Phi) is 93.5. The van der Waals surface area contributed by atoms with Crippen LogP contribution in [-0.4, -0.2) is 87.5 Å². The Morgan fingerprint density at radius 3 is 0.706 bits per heavy atom. The van der Waals surface area contributed by atoms with Crippen LogP contribution in [0, 0.1) is 36.5 Å². The number of benzene rings is 3. The molecule has 3 rings (SSSR count). The molecule has 4 unspecified atom stereocenters. The van der Waals surface area contributed by atoms with Gasteiger partial charge in [0.05, 0.1) is 31.3 Å². The molecule has 0 aromatic heterocycles. The third-order valence-corrected chi connectivity index (χ3v) is 27.3. The molecule has 0 saturated carbocycles. The number of unbranched alkanes of at least 4 members (excludes halogenated alkanes) is 39. The van der Waals surface area contributed by atoms with E-state index in [4.69, 9.17) is 38.7 Å². The highest BCUT2D eigenvalue weighted by atomic mass is 32.2. The second-order valence-electron chi connectivity index (χ2n) is 39.6. The smallest absolute Gasteiger partial charge is 0.306 e. The Labute approximate surface area is 834 Å². The van der Waals surface area contributed by atoms with Crippen molar-refractivity contribution in [3.63, 3.8) is 0 Å². The van der Waals surface area contributed by atoms with Crippen molar-refractivity contribution in [1.82, 2.24) is 0 Å². The van der Waals surface area contributed by atoms with E-state index in [1.807, 2.05) is 67.6 Å². The third-order valence-electron chi connectivity index (χ3n) is 26.4. The average molecular weight is 1930 g/mol. The minimum atomic E-state index is -4.02. The first kappa shape index (κ1) is 130. The van der Waals surface area contributed by atoms with Crippen LogP contribution in [0.2, 0.25) is 0 Å². The zero-order valence-corrected chi connectivity index (χ0v) is 89.7. The van der Waals surface area contributed by atoms with Crippen LogP contribution in [0.15, 0.2) is 89.8 Å². The van der Waals surface area contributed by atoms with Crippen LogP contribution < -0.4 is 5.73 Å². The first-order chi connectivity index (χ1) is 66.2. The number of ether oxygens (including phenoxy) is 6. The average Bonchev–Trinajstić information content (AvgIpc) is 0.878. The van der Waals surface area contributed by atoms with Gasteiger partial charge in [0.25, 0.3) is 10.1 Å². The van der Waals surface area contributed by atoms with Gasteiger partial charge in [0.2, 0.25) is 0 Å². The van der Waals surface area contributed by atoms with E-state index in [0.717, 1.165) is 151 Å². The first-order valence-corrected chi connectivity index (χ1v) is 57.9. The molecule has 0 aliphatic heterocycles. The second-order valence-corrected chi connectivity index (χ2v) is 41.0. The summed E-state index contributed by atoms with van der Waals surface area (Å²) >= 11 is 0. The maximum atomic E-state index is 12.5. The van der Waals surface area contributed by atoms with Crippen LogP contribution in [-0.2, 0) is 85.3 Å². The van der Waals surface area contributed by atoms with Crippen LogP contribution in [0.4, 0.5) is 0 Å². The zero-order valence-electron chi connectivity index (χ0n) is 88.9. The van der Waals surface area contributed by atoms with Gasteiger partial charge in [0.15, 0.2) is 0 Å². The van der Waals surface area contributed by atoms with Crippen LogP contribution >= 0.6 is 0 Å². The van der Waals surface area contributed by atoms with Gasteiger partial charge in [-0.05, 0) is 175 Å². The van der Waals surface area contributed by atoms with Gasteiger partial charge in [-0.15, -0.1) is 0 Å². The lowest BCUT2D eigenvalue weighted by atomic mass is 9.89. The van der Waals surface area contributed by atoms with E-state index < -0.39 is 10.1 Å². The molecule has 4 atom stereocenters. The van der Waals surface area contributed by atoms with Crippen molar-refractivity contribution >= 4 is 51.7 Å². The SMILES string of the molecule is CCCCCCC(CCCC)COC(=O)CCCCCCCCC(=O)CCCCCCCCC(=O)OCC(CCCC)CCCCCC.CCCCCCC(CCCC)COC(=O)CCCCCCCCC(CCCCCCCCC(=O)OCC(CCCC)CCCCCC)CCCCCC(=O)OCc1ccccc1.Cc1ccc(S(=O)(=O)O)cc1.NCCCCC(=O)OCc1ccccc1. The molecule has 18 heteroatoms. The molecule has 136 heavy (non-hydrogen) atoms. The van der Waals surface area contributed by atoms with E-state index in [-0.39, 0.29) is 40.7 Å². The Morgan fingerprint density at radius 2 is 0.456 bits per heavy atom. The minimum Gasteiger partial charge on any atom is -0.465 e. The topological polar surface area (TPSA) is 255 Å². The Morgan fingerprint density at radius 1 is 0.250 bits per heavy atom. The van der Waals surface area contributed by atoms with E-state index in [1.54, 1.807) is 12.1 Å². The third kappa shape index (κ3) is 88.2. The summed E-state index contributed by atoms with van der Waals surface area (Å²) < 4.78 is 62.9. The van der Waals surface area contributed by atoms with Crippen molar-refractivity contribution in [2.24, 2.45) is 35.3 Å². The molecule has 0 aliphatic rings. The lowest BCUT2D eigenvalue weighted by Gasteiger charge is -2.17. The largest absolute Gasteiger partial charge is 0.465 e. The molecule has 3 aromatic rings. The van der Waals surface area contributed by atoms with Crippen LogP contribution in [0.1, 0.15) is 534 Å². The molecule has 0 bridgehead atoms. The summed E-state index contributed by atoms with van der Waals surface area (Å²) in [6.07, 6.45) is 79.8. The van der Waals surface area contributed by atoms with Gasteiger partial charge in [-0.2, -0.15) is 8.42 Å². The fourth-order valence-electron chi connectivity index (χ4n) is 17.4. The van der Waals surface area contributed by atoms with Gasteiger partial charge in [-0.25, -0.2) is 0 Å². The van der Waals surface area contributed by atoms with Crippen molar-refractivity contribution in [3.8, 4) is 0 Å². The molecule has 0 aliphatic carbocycles. The first-order valence-electron chi connectivity index (χ1n) is 56.5.